The Labute approximate surface area is 125 Å². The zero-order chi connectivity index (χ0) is 14.8. The second-order valence-electron chi connectivity index (χ2n) is 5.91. The SMILES string of the molecule is CCN(C(C)=O)c1nc(CN2CCNC(C)(C)C2)cs1. The van der Waals surface area contributed by atoms with E-state index in [2.05, 4.69) is 34.4 Å². The molecule has 1 amide bonds. The monoisotopic (exact) mass is 296 g/mol. The second-order valence-corrected chi connectivity index (χ2v) is 6.74. The van der Waals surface area contributed by atoms with Gasteiger partial charge in [-0.2, -0.15) is 0 Å². The highest BCUT2D eigenvalue weighted by atomic mass is 32.1. The van der Waals surface area contributed by atoms with Gasteiger partial charge in [0.25, 0.3) is 0 Å². The van der Waals surface area contributed by atoms with Crippen molar-refractivity contribution >= 4 is 22.4 Å². The smallest absolute Gasteiger partial charge is 0.225 e. The summed E-state index contributed by atoms with van der Waals surface area (Å²) < 4.78 is 0. The van der Waals surface area contributed by atoms with Gasteiger partial charge in [0.05, 0.1) is 5.69 Å². The molecule has 0 aromatic carbocycles. The van der Waals surface area contributed by atoms with Crippen LogP contribution in [0.5, 0.6) is 0 Å². The van der Waals surface area contributed by atoms with Crippen molar-refractivity contribution in [3.63, 3.8) is 0 Å². The Bertz CT molecular complexity index is 471. The average Bonchev–Trinajstić information content (AvgIpc) is 2.76. The predicted octanol–water partition coefficient (Wildman–Crippen LogP) is 1.70. The van der Waals surface area contributed by atoms with E-state index in [1.54, 1.807) is 23.2 Å². The third-order valence-electron chi connectivity index (χ3n) is 3.50. The fourth-order valence-electron chi connectivity index (χ4n) is 2.60. The Morgan fingerprint density at radius 1 is 1.60 bits per heavy atom. The first-order chi connectivity index (χ1) is 9.41. The zero-order valence-electron chi connectivity index (χ0n) is 12.8. The topological polar surface area (TPSA) is 48.5 Å². The maximum Gasteiger partial charge on any atom is 0.225 e. The molecule has 1 aromatic heterocycles. The molecule has 0 unspecified atom stereocenters. The lowest BCUT2D eigenvalue weighted by atomic mass is 10.0. The summed E-state index contributed by atoms with van der Waals surface area (Å²) in [7, 11) is 0. The van der Waals surface area contributed by atoms with Gasteiger partial charge in [-0.15, -0.1) is 11.3 Å². The number of carbonyl (C=O) groups is 1. The van der Waals surface area contributed by atoms with Crippen LogP contribution in [-0.2, 0) is 11.3 Å². The van der Waals surface area contributed by atoms with Crippen LogP contribution >= 0.6 is 11.3 Å². The van der Waals surface area contributed by atoms with E-state index < -0.39 is 0 Å². The van der Waals surface area contributed by atoms with Crippen molar-refractivity contribution in [2.45, 2.75) is 39.8 Å². The van der Waals surface area contributed by atoms with E-state index in [9.17, 15) is 4.79 Å². The van der Waals surface area contributed by atoms with Crippen LogP contribution < -0.4 is 10.2 Å². The number of rotatable bonds is 4. The minimum atomic E-state index is 0.0525. The highest BCUT2D eigenvalue weighted by molar-refractivity contribution is 7.14. The van der Waals surface area contributed by atoms with Crippen LogP contribution in [0.1, 0.15) is 33.4 Å². The number of carbonyl (C=O) groups excluding carboxylic acids is 1. The molecule has 20 heavy (non-hydrogen) atoms. The lowest BCUT2D eigenvalue weighted by molar-refractivity contribution is -0.116. The molecule has 1 fully saturated rings. The molecule has 112 valence electrons. The van der Waals surface area contributed by atoms with Crippen molar-refractivity contribution in [2.24, 2.45) is 0 Å². The van der Waals surface area contributed by atoms with Gasteiger partial charge in [-0.05, 0) is 20.8 Å². The quantitative estimate of drug-likeness (QED) is 0.919. The predicted molar refractivity (Wildman–Crippen MR) is 83.2 cm³/mol. The van der Waals surface area contributed by atoms with Gasteiger partial charge in [0.15, 0.2) is 5.13 Å². The Balaban J connectivity index is 2.01. The molecule has 0 bridgehead atoms. The van der Waals surface area contributed by atoms with E-state index in [0.717, 1.165) is 37.0 Å². The first-order valence-electron chi connectivity index (χ1n) is 7.11. The summed E-state index contributed by atoms with van der Waals surface area (Å²) in [5, 5.41) is 6.38. The lowest BCUT2D eigenvalue weighted by Crippen LogP contribution is -2.56. The van der Waals surface area contributed by atoms with Crippen LogP contribution in [0.4, 0.5) is 5.13 Å². The van der Waals surface area contributed by atoms with E-state index in [1.807, 2.05) is 6.92 Å². The highest BCUT2D eigenvalue weighted by Crippen LogP contribution is 2.22. The van der Waals surface area contributed by atoms with Crippen molar-refractivity contribution in [1.29, 1.82) is 0 Å². The number of hydrogen-bond acceptors (Lipinski definition) is 5. The van der Waals surface area contributed by atoms with E-state index in [4.69, 9.17) is 0 Å². The van der Waals surface area contributed by atoms with Crippen molar-refractivity contribution < 1.29 is 4.79 Å². The minimum absolute atomic E-state index is 0.0525. The van der Waals surface area contributed by atoms with Crippen molar-refractivity contribution in [3.05, 3.63) is 11.1 Å². The fraction of sp³-hybridized carbons (Fsp3) is 0.714. The number of aromatic nitrogens is 1. The van der Waals surface area contributed by atoms with Crippen LogP contribution in [0.15, 0.2) is 5.38 Å². The summed E-state index contributed by atoms with van der Waals surface area (Å²) >= 11 is 1.55. The summed E-state index contributed by atoms with van der Waals surface area (Å²) in [5.74, 6) is 0.0525. The van der Waals surface area contributed by atoms with E-state index in [-0.39, 0.29) is 11.4 Å². The minimum Gasteiger partial charge on any atom is -0.309 e. The van der Waals surface area contributed by atoms with Gasteiger partial charge < -0.3 is 5.32 Å². The second kappa shape index (κ2) is 6.20. The van der Waals surface area contributed by atoms with Gasteiger partial charge in [-0.25, -0.2) is 4.98 Å². The van der Waals surface area contributed by atoms with E-state index in [1.165, 1.54) is 0 Å². The molecular formula is C14H24N4OS. The van der Waals surface area contributed by atoms with E-state index in [0.29, 0.717) is 6.54 Å². The number of hydrogen-bond donors (Lipinski definition) is 1. The van der Waals surface area contributed by atoms with Gasteiger partial charge in [0.1, 0.15) is 0 Å². The largest absolute Gasteiger partial charge is 0.309 e. The molecular weight excluding hydrogens is 272 g/mol. The van der Waals surface area contributed by atoms with Gasteiger partial charge in [-0.1, -0.05) is 0 Å². The van der Waals surface area contributed by atoms with Crippen LogP contribution in [0.2, 0.25) is 0 Å². The first kappa shape index (κ1) is 15.4. The molecule has 5 nitrogen and oxygen atoms in total. The van der Waals surface area contributed by atoms with Gasteiger partial charge in [0.2, 0.25) is 5.91 Å². The van der Waals surface area contributed by atoms with Gasteiger partial charge >= 0.3 is 0 Å². The summed E-state index contributed by atoms with van der Waals surface area (Å²) in [6, 6.07) is 0. The zero-order valence-corrected chi connectivity index (χ0v) is 13.6. The summed E-state index contributed by atoms with van der Waals surface area (Å²) in [6.07, 6.45) is 0. The van der Waals surface area contributed by atoms with Crippen LogP contribution in [0, 0.1) is 0 Å². The molecule has 0 saturated carbocycles. The summed E-state index contributed by atoms with van der Waals surface area (Å²) in [5.41, 5.74) is 1.22. The van der Waals surface area contributed by atoms with Crippen molar-refractivity contribution in [1.82, 2.24) is 15.2 Å². The number of piperazine rings is 1. The first-order valence-corrected chi connectivity index (χ1v) is 7.99. The molecule has 2 heterocycles. The van der Waals surface area contributed by atoms with Gasteiger partial charge in [0, 0.05) is 50.6 Å². The standard InChI is InChI=1S/C14H24N4OS/c1-5-18(11(2)19)13-16-12(9-20-13)8-17-7-6-15-14(3,4)10-17/h9,15H,5-8,10H2,1-4H3. The third-order valence-corrected chi connectivity index (χ3v) is 4.42. The molecule has 0 aliphatic carbocycles. The number of anilines is 1. The normalized spacial score (nSPS) is 19.0. The third kappa shape index (κ3) is 3.77. The molecule has 6 heteroatoms. The summed E-state index contributed by atoms with van der Waals surface area (Å²) in [4.78, 5) is 20.3. The molecule has 0 radical (unpaired) electrons. The Kier molecular flexibility index (Phi) is 4.78. The van der Waals surface area contributed by atoms with Crippen LogP contribution in [0.25, 0.3) is 0 Å². The number of nitrogens with zero attached hydrogens (tertiary/aromatic N) is 3. The Hall–Kier alpha value is -0.980. The number of thiazole rings is 1. The fourth-order valence-corrected chi connectivity index (χ4v) is 3.52. The van der Waals surface area contributed by atoms with Crippen LogP contribution in [-0.4, -0.2) is 47.5 Å². The van der Waals surface area contributed by atoms with Crippen molar-refractivity contribution in [3.8, 4) is 0 Å². The van der Waals surface area contributed by atoms with Crippen LogP contribution in [0.3, 0.4) is 0 Å². The lowest BCUT2D eigenvalue weighted by Gasteiger charge is -2.38. The van der Waals surface area contributed by atoms with Gasteiger partial charge in [-0.3, -0.25) is 14.6 Å². The molecule has 0 spiro atoms. The molecule has 1 aliphatic rings. The Morgan fingerprint density at radius 3 is 2.95 bits per heavy atom. The maximum absolute atomic E-state index is 11.5. The number of nitrogens with one attached hydrogen (secondary N) is 1. The molecule has 0 atom stereocenters. The number of amides is 1. The Morgan fingerprint density at radius 2 is 2.35 bits per heavy atom. The molecule has 1 N–H and O–H groups in total. The average molecular weight is 296 g/mol. The summed E-state index contributed by atoms with van der Waals surface area (Å²) in [6.45, 7) is 12.6. The van der Waals surface area contributed by atoms with E-state index >= 15 is 0 Å². The molecule has 1 saturated heterocycles. The molecule has 1 aromatic rings. The van der Waals surface area contributed by atoms with Crippen molar-refractivity contribution in [2.75, 3.05) is 31.1 Å². The maximum atomic E-state index is 11.5. The highest BCUT2D eigenvalue weighted by Gasteiger charge is 2.26. The molecule has 2 rings (SSSR count). The molecule has 1 aliphatic heterocycles.